The van der Waals surface area contributed by atoms with Crippen LogP contribution in [0.5, 0.6) is 0 Å². The van der Waals surface area contributed by atoms with Crippen LogP contribution in [-0.2, 0) is 0 Å². The fraction of sp³-hybridized carbons (Fsp3) is 0.304. The van der Waals surface area contributed by atoms with E-state index >= 15 is 0 Å². The van der Waals surface area contributed by atoms with E-state index in [1.165, 1.54) is 11.1 Å². The lowest BCUT2D eigenvalue weighted by Gasteiger charge is -2.20. The quantitative estimate of drug-likeness (QED) is 0.532. The number of benzene rings is 2. The molecule has 0 saturated carbocycles. The van der Waals surface area contributed by atoms with Gasteiger partial charge in [-0.2, -0.15) is 0 Å². The number of nitrogens with one attached hydrogen (secondary N) is 2. The smallest absolute Gasteiger partial charge is 0.253 e. The molecule has 5 nitrogen and oxygen atoms in total. The molecule has 0 amide bonds. The molecule has 0 aliphatic rings. The summed E-state index contributed by atoms with van der Waals surface area (Å²) in [5.74, 6) is 0.228. The molecule has 0 radical (unpaired) electrons. The maximum absolute atomic E-state index is 12.0. The van der Waals surface area contributed by atoms with Crippen molar-refractivity contribution in [2.45, 2.75) is 12.3 Å². The lowest BCUT2D eigenvalue weighted by Crippen LogP contribution is -2.38. The van der Waals surface area contributed by atoms with E-state index in [1.54, 1.807) is 0 Å². The Morgan fingerprint density at radius 2 is 1.21 bits per heavy atom. The van der Waals surface area contributed by atoms with Crippen molar-refractivity contribution in [3.8, 4) is 0 Å². The molecule has 0 bridgehead atoms. The van der Waals surface area contributed by atoms with E-state index in [-0.39, 0.29) is 5.92 Å². The SMILES string of the molecule is CN(C)CCNc1c(NCCC(c2ccccc2)c2ccccc2)c(=O)c1=O. The van der Waals surface area contributed by atoms with Crippen LogP contribution >= 0.6 is 0 Å². The second kappa shape index (κ2) is 9.33. The van der Waals surface area contributed by atoms with Crippen molar-refractivity contribution in [3.63, 3.8) is 0 Å². The molecule has 3 rings (SSSR count). The van der Waals surface area contributed by atoms with Gasteiger partial charge in [0.05, 0.1) is 0 Å². The summed E-state index contributed by atoms with van der Waals surface area (Å²) in [6.45, 7) is 2.03. The van der Waals surface area contributed by atoms with Crippen LogP contribution in [0.15, 0.2) is 70.3 Å². The molecule has 0 heterocycles. The third-order valence-corrected chi connectivity index (χ3v) is 4.91. The molecule has 3 aromatic rings. The van der Waals surface area contributed by atoms with Gasteiger partial charge in [-0.1, -0.05) is 60.7 Å². The molecule has 0 unspecified atom stereocenters. The van der Waals surface area contributed by atoms with Crippen LogP contribution in [0, 0.1) is 0 Å². The Labute approximate surface area is 165 Å². The number of anilines is 2. The van der Waals surface area contributed by atoms with Crippen LogP contribution < -0.4 is 21.5 Å². The number of nitrogens with zero attached hydrogens (tertiary/aromatic N) is 1. The van der Waals surface area contributed by atoms with Gasteiger partial charge in [0.2, 0.25) is 0 Å². The number of hydrogen-bond acceptors (Lipinski definition) is 5. The molecule has 0 atom stereocenters. The van der Waals surface area contributed by atoms with Gasteiger partial charge in [-0.15, -0.1) is 0 Å². The molecule has 0 saturated heterocycles. The third-order valence-electron chi connectivity index (χ3n) is 4.91. The molecular formula is C23H27N3O2. The van der Waals surface area contributed by atoms with Gasteiger partial charge in [0.1, 0.15) is 11.4 Å². The first-order chi connectivity index (χ1) is 13.6. The van der Waals surface area contributed by atoms with Gasteiger partial charge in [-0.05, 0) is 31.6 Å². The molecule has 28 heavy (non-hydrogen) atoms. The Kier molecular flexibility index (Phi) is 6.61. The molecule has 0 aliphatic carbocycles. The Morgan fingerprint density at radius 1 is 0.750 bits per heavy atom. The molecule has 0 aliphatic heterocycles. The van der Waals surface area contributed by atoms with Gasteiger partial charge in [-0.25, -0.2) is 0 Å². The normalized spacial score (nSPS) is 11.3. The van der Waals surface area contributed by atoms with Crippen molar-refractivity contribution in [3.05, 3.63) is 92.2 Å². The van der Waals surface area contributed by atoms with Crippen LogP contribution in [-0.4, -0.2) is 38.6 Å². The minimum absolute atomic E-state index is 0.228. The number of likely N-dealkylation sites (N-methyl/N-ethyl adjacent to an activating group) is 1. The van der Waals surface area contributed by atoms with Crippen molar-refractivity contribution in [2.75, 3.05) is 44.4 Å². The first-order valence-electron chi connectivity index (χ1n) is 9.63. The van der Waals surface area contributed by atoms with Gasteiger partial charge < -0.3 is 15.5 Å². The second-order valence-electron chi connectivity index (χ2n) is 7.23. The monoisotopic (exact) mass is 377 g/mol. The van der Waals surface area contributed by atoms with Gasteiger partial charge in [0.25, 0.3) is 10.9 Å². The highest BCUT2D eigenvalue weighted by molar-refractivity contribution is 5.73. The van der Waals surface area contributed by atoms with Crippen molar-refractivity contribution >= 4 is 11.4 Å². The largest absolute Gasteiger partial charge is 0.380 e. The van der Waals surface area contributed by atoms with E-state index in [1.807, 2.05) is 55.4 Å². The number of hydrogen-bond donors (Lipinski definition) is 2. The lowest BCUT2D eigenvalue weighted by atomic mass is 9.88. The highest BCUT2D eigenvalue weighted by Gasteiger charge is 2.21. The Bertz CT molecular complexity index is 906. The lowest BCUT2D eigenvalue weighted by molar-refractivity contribution is 0.425. The summed E-state index contributed by atoms with van der Waals surface area (Å²) in [7, 11) is 3.94. The highest BCUT2D eigenvalue weighted by Crippen LogP contribution is 2.28. The van der Waals surface area contributed by atoms with Crippen LogP contribution in [0.1, 0.15) is 23.5 Å². The summed E-state index contributed by atoms with van der Waals surface area (Å²) in [6.07, 6.45) is 0.823. The van der Waals surface area contributed by atoms with E-state index in [4.69, 9.17) is 0 Å². The summed E-state index contributed by atoms with van der Waals surface area (Å²) < 4.78 is 0. The van der Waals surface area contributed by atoms with Gasteiger partial charge in [0, 0.05) is 25.6 Å². The Morgan fingerprint density at radius 3 is 1.68 bits per heavy atom. The second-order valence-corrected chi connectivity index (χ2v) is 7.23. The molecule has 146 valence electrons. The van der Waals surface area contributed by atoms with E-state index in [0.717, 1.165) is 13.0 Å². The standard InChI is InChI=1S/C23H27N3O2/c1-26(2)16-15-25-21-20(22(27)23(21)28)24-14-13-19(17-9-5-3-6-10-17)18-11-7-4-8-12-18/h3-12,19,24-25H,13-16H2,1-2H3. The van der Waals surface area contributed by atoms with E-state index in [2.05, 4.69) is 34.9 Å². The molecule has 2 N–H and O–H groups in total. The minimum atomic E-state index is -0.427. The predicted molar refractivity (Wildman–Crippen MR) is 116 cm³/mol. The van der Waals surface area contributed by atoms with Crippen LogP contribution in [0.2, 0.25) is 0 Å². The molecular weight excluding hydrogens is 350 g/mol. The van der Waals surface area contributed by atoms with Crippen molar-refractivity contribution in [2.24, 2.45) is 0 Å². The Hall–Kier alpha value is -2.92. The third kappa shape index (κ3) is 4.67. The number of rotatable bonds is 10. The summed E-state index contributed by atoms with van der Waals surface area (Å²) in [5, 5.41) is 6.28. The first kappa shape index (κ1) is 19.8. The van der Waals surface area contributed by atoms with Gasteiger partial charge >= 0.3 is 0 Å². The molecule has 3 aromatic carbocycles. The van der Waals surface area contributed by atoms with Crippen molar-refractivity contribution in [1.82, 2.24) is 4.90 Å². The van der Waals surface area contributed by atoms with E-state index < -0.39 is 10.9 Å². The maximum atomic E-state index is 12.0. The zero-order valence-electron chi connectivity index (χ0n) is 16.4. The maximum Gasteiger partial charge on any atom is 0.253 e. The summed E-state index contributed by atoms with van der Waals surface area (Å²) >= 11 is 0. The van der Waals surface area contributed by atoms with E-state index in [9.17, 15) is 9.59 Å². The molecule has 0 aromatic heterocycles. The summed E-state index contributed by atoms with van der Waals surface area (Å²) in [6, 6.07) is 20.7. The zero-order chi connectivity index (χ0) is 19.9. The van der Waals surface area contributed by atoms with Gasteiger partial charge in [0.15, 0.2) is 0 Å². The first-order valence-corrected chi connectivity index (χ1v) is 9.63. The van der Waals surface area contributed by atoms with Crippen molar-refractivity contribution < 1.29 is 0 Å². The van der Waals surface area contributed by atoms with Crippen LogP contribution in [0.3, 0.4) is 0 Å². The minimum Gasteiger partial charge on any atom is -0.380 e. The molecule has 0 fully saturated rings. The van der Waals surface area contributed by atoms with Crippen LogP contribution in [0.25, 0.3) is 0 Å². The predicted octanol–water partition coefficient (Wildman–Crippen LogP) is 2.89. The molecule has 5 heteroatoms. The summed E-state index contributed by atoms with van der Waals surface area (Å²) in [4.78, 5) is 25.9. The Balaban J connectivity index is 1.66. The fourth-order valence-corrected chi connectivity index (χ4v) is 3.37. The van der Waals surface area contributed by atoms with Gasteiger partial charge in [-0.3, -0.25) is 9.59 Å². The highest BCUT2D eigenvalue weighted by atomic mass is 16.2. The van der Waals surface area contributed by atoms with E-state index in [0.29, 0.717) is 24.5 Å². The topological polar surface area (TPSA) is 61.4 Å². The van der Waals surface area contributed by atoms with Crippen LogP contribution in [0.4, 0.5) is 11.4 Å². The average molecular weight is 377 g/mol. The van der Waals surface area contributed by atoms with Crippen molar-refractivity contribution in [1.29, 1.82) is 0 Å². The molecule has 0 spiro atoms. The average Bonchev–Trinajstić information content (AvgIpc) is 2.73. The zero-order valence-corrected chi connectivity index (χ0v) is 16.4. The fourth-order valence-electron chi connectivity index (χ4n) is 3.37. The summed E-state index contributed by atoms with van der Waals surface area (Å²) in [5.41, 5.74) is 2.47.